The van der Waals surface area contributed by atoms with Crippen molar-refractivity contribution in [1.29, 1.82) is 0 Å². The highest BCUT2D eigenvalue weighted by molar-refractivity contribution is 5.25. The topological polar surface area (TPSA) is 15.3 Å². The second kappa shape index (κ2) is 6.35. The van der Waals surface area contributed by atoms with E-state index < -0.39 is 0 Å². The number of likely N-dealkylation sites (N-methyl/N-ethyl adjacent to an activating group) is 2. The number of nitrogens with zero attached hydrogens (tertiary/aromatic N) is 1. The van der Waals surface area contributed by atoms with Crippen LogP contribution < -0.4 is 5.32 Å². The van der Waals surface area contributed by atoms with Crippen molar-refractivity contribution < 1.29 is 0 Å². The van der Waals surface area contributed by atoms with Gasteiger partial charge < -0.3 is 10.2 Å². The number of rotatable bonds is 5. The molecule has 2 nitrogen and oxygen atoms in total. The molecule has 1 aromatic rings. The average molecular weight is 246 g/mol. The van der Waals surface area contributed by atoms with Gasteiger partial charge in [0.2, 0.25) is 0 Å². The molecule has 1 aliphatic carbocycles. The summed E-state index contributed by atoms with van der Waals surface area (Å²) in [5.41, 5.74) is 2.75. The smallest absolute Gasteiger partial charge is 0.0446 e. The molecule has 0 amide bonds. The zero-order valence-corrected chi connectivity index (χ0v) is 11.9. The number of aryl methyl sites for hydroxylation is 1. The van der Waals surface area contributed by atoms with Crippen LogP contribution in [0.15, 0.2) is 24.3 Å². The van der Waals surface area contributed by atoms with Gasteiger partial charge in [-0.25, -0.2) is 0 Å². The van der Waals surface area contributed by atoms with Gasteiger partial charge in [0.25, 0.3) is 0 Å². The molecule has 0 saturated heterocycles. The molecule has 1 saturated carbocycles. The summed E-state index contributed by atoms with van der Waals surface area (Å²) in [5.74, 6) is 0. The average Bonchev–Trinajstić information content (AvgIpc) is 2.89. The SMILES string of the molecule is CNC(CN(C)C1CCCC1)c1cccc(C)c1. The Morgan fingerprint density at radius 1 is 1.33 bits per heavy atom. The minimum atomic E-state index is 0.440. The minimum Gasteiger partial charge on any atom is -0.312 e. The van der Waals surface area contributed by atoms with Gasteiger partial charge in [-0.1, -0.05) is 42.7 Å². The van der Waals surface area contributed by atoms with Crippen molar-refractivity contribution in [3.8, 4) is 0 Å². The largest absolute Gasteiger partial charge is 0.312 e. The van der Waals surface area contributed by atoms with Crippen LogP contribution in [0.2, 0.25) is 0 Å². The Kier molecular flexibility index (Phi) is 4.79. The van der Waals surface area contributed by atoms with Crippen LogP contribution in [0.5, 0.6) is 0 Å². The molecular weight excluding hydrogens is 220 g/mol. The van der Waals surface area contributed by atoms with Crippen molar-refractivity contribution >= 4 is 0 Å². The number of hydrogen-bond donors (Lipinski definition) is 1. The summed E-state index contributed by atoms with van der Waals surface area (Å²) in [7, 11) is 4.34. The lowest BCUT2D eigenvalue weighted by Crippen LogP contribution is -2.36. The summed E-state index contributed by atoms with van der Waals surface area (Å²) in [6.45, 7) is 3.27. The molecule has 2 heteroatoms. The van der Waals surface area contributed by atoms with Gasteiger partial charge in [-0.3, -0.25) is 0 Å². The maximum Gasteiger partial charge on any atom is 0.0446 e. The minimum absolute atomic E-state index is 0.440. The van der Waals surface area contributed by atoms with E-state index in [4.69, 9.17) is 0 Å². The molecule has 0 heterocycles. The lowest BCUT2D eigenvalue weighted by molar-refractivity contribution is 0.222. The summed E-state index contributed by atoms with van der Waals surface area (Å²) < 4.78 is 0. The molecule has 1 fully saturated rings. The van der Waals surface area contributed by atoms with E-state index >= 15 is 0 Å². The Morgan fingerprint density at radius 3 is 2.67 bits per heavy atom. The highest BCUT2D eigenvalue weighted by atomic mass is 15.2. The molecule has 1 atom stereocenters. The van der Waals surface area contributed by atoms with Gasteiger partial charge in [0, 0.05) is 18.6 Å². The number of hydrogen-bond acceptors (Lipinski definition) is 2. The molecule has 1 unspecified atom stereocenters. The van der Waals surface area contributed by atoms with Gasteiger partial charge in [0.05, 0.1) is 0 Å². The molecular formula is C16H26N2. The van der Waals surface area contributed by atoms with Crippen molar-refractivity contribution in [3.63, 3.8) is 0 Å². The summed E-state index contributed by atoms with van der Waals surface area (Å²) in [6.07, 6.45) is 5.56. The van der Waals surface area contributed by atoms with E-state index in [-0.39, 0.29) is 0 Å². The molecule has 0 aliphatic heterocycles. The third-order valence-corrected chi connectivity index (χ3v) is 4.21. The Morgan fingerprint density at radius 2 is 2.06 bits per heavy atom. The van der Waals surface area contributed by atoms with Crippen LogP contribution in [0.1, 0.15) is 42.9 Å². The van der Waals surface area contributed by atoms with Crippen LogP contribution >= 0.6 is 0 Å². The van der Waals surface area contributed by atoms with E-state index in [1.165, 1.54) is 36.8 Å². The summed E-state index contributed by atoms with van der Waals surface area (Å²) in [6, 6.07) is 10.1. The fourth-order valence-corrected chi connectivity index (χ4v) is 3.03. The predicted molar refractivity (Wildman–Crippen MR) is 77.9 cm³/mol. The first-order chi connectivity index (χ1) is 8.70. The molecule has 1 aliphatic rings. The maximum atomic E-state index is 3.46. The molecule has 1 N–H and O–H groups in total. The standard InChI is InChI=1S/C16H26N2/c1-13-7-6-8-14(11-13)16(17-2)12-18(3)15-9-4-5-10-15/h6-8,11,15-17H,4-5,9-10,12H2,1-3H3. The van der Waals surface area contributed by atoms with E-state index in [0.29, 0.717) is 6.04 Å². The quantitative estimate of drug-likeness (QED) is 0.858. The normalized spacial score (nSPS) is 18.4. The highest BCUT2D eigenvalue weighted by Gasteiger charge is 2.22. The zero-order valence-electron chi connectivity index (χ0n) is 11.9. The second-order valence-corrected chi connectivity index (χ2v) is 5.63. The molecule has 100 valence electrons. The molecule has 0 radical (unpaired) electrons. The van der Waals surface area contributed by atoms with Gasteiger partial charge in [-0.05, 0) is 39.4 Å². The molecule has 1 aromatic carbocycles. The van der Waals surface area contributed by atoms with Crippen LogP contribution in [0.3, 0.4) is 0 Å². The first kappa shape index (κ1) is 13.6. The fourth-order valence-electron chi connectivity index (χ4n) is 3.03. The van der Waals surface area contributed by atoms with Crippen LogP contribution in [-0.2, 0) is 0 Å². The van der Waals surface area contributed by atoms with E-state index in [2.05, 4.69) is 55.5 Å². The Bertz CT molecular complexity index is 369. The molecule has 18 heavy (non-hydrogen) atoms. The molecule has 2 rings (SSSR count). The van der Waals surface area contributed by atoms with Gasteiger partial charge in [-0.15, -0.1) is 0 Å². The molecule has 0 aromatic heterocycles. The van der Waals surface area contributed by atoms with Crippen molar-refractivity contribution in [2.45, 2.75) is 44.7 Å². The van der Waals surface area contributed by atoms with Gasteiger partial charge in [0.15, 0.2) is 0 Å². The fraction of sp³-hybridized carbons (Fsp3) is 0.625. The van der Waals surface area contributed by atoms with E-state index in [1.807, 2.05) is 0 Å². The van der Waals surface area contributed by atoms with Crippen molar-refractivity contribution in [1.82, 2.24) is 10.2 Å². The van der Waals surface area contributed by atoms with Crippen LogP contribution in [0, 0.1) is 6.92 Å². The zero-order chi connectivity index (χ0) is 13.0. The number of nitrogens with one attached hydrogen (secondary N) is 1. The first-order valence-corrected chi connectivity index (χ1v) is 7.15. The van der Waals surface area contributed by atoms with Crippen molar-refractivity contribution in [2.75, 3.05) is 20.6 Å². The summed E-state index contributed by atoms with van der Waals surface area (Å²) >= 11 is 0. The van der Waals surface area contributed by atoms with Crippen molar-refractivity contribution in [2.24, 2.45) is 0 Å². The third-order valence-electron chi connectivity index (χ3n) is 4.21. The Balaban J connectivity index is 2.00. The second-order valence-electron chi connectivity index (χ2n) is 5.63. The Labute approximate surface area is 111 Å². The van der Waals surface area contributed by atoms with Crippen LogP contribution in [-0.4, -0.2) is 31.6 Å². The van der Waals surface area contributed by atoms with E-state index in [0.717, 1.165) is 12.6 Å². The number of benzene rings is 1. The molecule has 0 spiro atoms. The summed E-state index contributed by atoms with van der Waals surface area (Å²) in [4.78, 5) is 2.54. The van der Waals surface area contributed by atoms with Crippen molar-refractivity contribution in [3.05, 3.63) is 35.4 Å². The highest BCUT2D eigenvalue weighted by Crippen LogP contribution is 2.24. The monoisotopic (exact) mass is 246 g/mol. The summed E-state index contributed by atoms with van der Waals surface area (Å²) in [5, 5.41) is 3.46. The Hall–Kier alpha value is -0.860. The van der Waals surface area contributed by atoms with Gasteiger partial charge in [0.1, 0.15) is 0 Å². The third kappa shape index (κ3) is 3.33. The first-order valence-electron chi connectivity index (χ1n) is 7.15. The van der Waals surface area contributed by atoms with E-state index in [1.54, 1.807) is 0 Å². The van der Waals surface area contributed by atoms with Crippen LogP contribution in [0.25, 0.3) is 0 Å². The van der Waals surface area contributed by atoms with E-state index in [9.17, 15) is 0 Å². The van der Waals surface area contributed by atoms with Gasteiger partial charge >= 0.3 is 0 Å². The van der Waals surface area contributed by atoms with Gasteiger partial charge in [-0.2, -0.15) is 0 Å². The maximum absolute atomic E-state index is 3.46. The lowest BCUT2D eigenvalue weighted by atomic mass is 10.0. The molecule has 0 bridgehead atoms. The van der Waals surface area contributed by atoms with Crippen LogP contribution in [0.4, 0.5) is 0 Å². The predicted octanol–water partition coefficient (Wildman–Crippen LogP) is 3.13. The lowest BCUT2D eigenvalue weighted by Gasteiger charge is -2.29.